The van der Waals surface area contributed by atoms with Gasteiger partial charge in [0.05, 0.1) is 3.79 Å². The highest BCUT2D eigenvalue weighted by Crippen LogP contribution is 2.28. The maximum absolute atomic E-state index is 3.97. The molecule has 1 nitrogen and oxygen atoms in total. The molecular formula is C13H20BrNS. The van der Waals surface area contributed by atoms with Crippen LogP contribution in [0, 0.1) is 0 Å². The van der Waals surface area contributed by atoms with Gasteiger partial charge >= 0.3 is 0 Å². The van der Waals surface area contributed by atoms with Crippen LogP contribution in [0.25, 0.3) is 0 Å². The van der Waals surface area contributed by atoms with E-state index >= 15 is 0 Å². The van der Waals surface area contributed by atoms with E-state index < -0.39 is 0 Å². The molecule has 1 rings (SSSR count). The second kappa shape index (κ2) is 7.25. The summed E-state index contributed by atoms with van der Waals surface area (Å²) in [5, 5.41) is 5.83. The van der Waals surface area contributed by atoms with Crippen molar-refractivity contribution < 1.29 is 0 Å². The molecule has 1 aromatic rings. The van der Waals surface area contributed by atoms with Gasteiger partial charge in [-0.15, -0.1) is 17.9 Å². The molecule has 0 saturated carbocycles. The number of hydrogen-bond acceptors (Lipinski definition) is 2. The Balaban J connectivity index is 2.59. The van der Waals surface area contributed by atoms with Crippen molar-refractivity contribution in [3.8, 4) is 0 Å². The van der Waals surface area contributed by atoms with Crippen LogP contribution >= 0.6 is 27.3 Å². The van der Waals surface area contributed by atoms with Crippen LogP contribution in [0.1, 0.15) is 44.7 Å². The zero-order valence-electron chi connectivity index (χ0n) is 10.1. The number of hydrogen-bond donors (Lipinski definition) is 1. The molecule has 3 heteroatoms. The van der Waals surface area contributed by atoms with Crippen molar-refractivity contribution in [1.29, 1.82) is 0 Å². The second-order valence-electron chi connectivity index (χ2n) is 4.19. The first-order chi connectivity index (χ1) is 7.63. The molecule has 0 bridgehead atoms. The summed E-state index contributed by atoms with van der Waals surface area (Å²) in [7, 11) is 0. The van der Waals surface area contributed by atoms with E-state index in [0.717, 1.165) is 19.4 Å². The van der Waals surface area contributed by atoms with Gasteiger partial charge < -0.3 is 5.32 Å². The van der Waals surface area contributed by atoms with Gasteiger partial charge in [0.2, 0.25) is 0 Å². The fraction of sp³-hybridized carbons (Fsp3) is 0.538. The SMILES string of the molecule is C=C(C)CCC(NCCC)c1csc(Br)c1. The third-order valence-electron chi connectivity index (χ3n) is 2.49. The van der Waals surface area contributed by atoms with Crippen molar-refractivity contribution in [2.45, 2.75) is 39.2 Å². The Bertz CT molecular complexity index is 332. The molecular weight excluding hydrogens is 282 g/mol. The average Bonchev–Trinajstić information content (AvgIpc) is 2.64. The molecule has 0 radical (unpaired) electrons. The Hall–Kier alpha value is -0.120. The maximum Gasteiger partial charge on any atom is 0.0701 e. The summed E-state index contributed by atoms with van der Waals surface area (Å²) >= 11 is 5.28. The van der Waals surface area contributed by atoms with E-state index in [9.17, 15) is 0 Å². The first kappa shape index (κ1) is 13.9. The lowest BCUT2D eigenvalue weighted by atomic mass is 10.0. The molecule has 0 spiro atoms. The summed E-state index contributed by atoms with van der Waals surface area (Å²) in [5.74, 6) is 0. The lowest BCUT2D eigenvalue weighted by Crippen LogP contribution is -2.21. The Morgan fingerprint density at radius 2 is 2.38 bits per heavy atom. The average molecular weight is 302 g/mol. The third-order valence-corrected chi connectivity index (χ3v) is 4.01. The molecule has 90 valence electrons. The van der Waals surface area contributed by atoms with Crippen LogP contribution in [0.15, 0.2) is 27.4 Å². The highest BCUT2D eigenvalue weighted by molar-refractivity contribution is 9.11. The van der Waals surface area contributed by atoms with Crippen LogP contribution in [0.4, 0.5) is 0 Å². The third kappa shape index (κ3) is 4.81. The number of halogens is 1. The number of thiophene rings is 1. The minimum Gasteiger partial charge on any atom is -0.310 e. The van der Waals surface area contributed by atoms with Crippen LogP contribution in [-0.4, -0.2) is 6.54 Å². The Morgan fingerprint density at radius 3 is 2.88 bits per heavy atom. The topological polar surface area (TPSA) is 12.0 Å². The van der Waals surface area contributed by atoms with Crippen molar-refractivity contribution in [3.63, 3.8) is 0 Å². The van der Waals surface area contributed by atoms with E-state index in [1.165, 1.54) is 21.3 Å². The largest absolute Gasteiger partial charge is 0.310 e. The van der Waals surface area contributed by atoms with E-state index in [-0.39, 0.29) is 0 Å². The summed E-state index contributed by atoms with van der Waals surface area (Å²) in [6.45, 7) is 9.35. The number of rotatable bonds is 7. The van der Waals surface area contributed by atoms with Gasteiger partial charge in [-0.2, -0.15) is 0 Å². The summed E-state index contributed by atoms with van der Waals surface area (Å²) in [6, 6.07) is 2.69. The van der Waals surface area contributed by atoms with Gasteiger partial charge in [0.1, 0.15) is 0 Å². The molecule has 1 atom stereocenters. The molecule has 1 aromatic heterocycles. The maximum atomic E-state index is 3.97. The lowest BCUT2D eigenvalue weighted by molar-refractivity contribution is 0.500. The molecule has 16 heavy (non-hydrogen) atoms. The van der Waals surface area contributed by atoms with E-state index in [1.54, 1.807) is 11.3 Å². The Kier molecular flexibility index (Phi) is 6.32. The van der Waals surface area contributed by atoms with Gasteiger partial charge in [-0.05, 0) is 65.7 Å². The van der Waals surface area contributed by atoms with Crippen LogP contribution in [0.3, 0.4) is 0 Å². The van der Waals surface area contributed by atoms with Crippen LogP contribution in [0.5, 0.6) is 0 Å². The molecule has 0 saturated heterocycles. The molecule has 1 unspecified atom stereocenters. The van der Waals surface area contributed by atoms with Gasteiger partial charge in [-0.25, -0.2) is 0 Å². The van der Waals surface area contributed by atoms with E-state index in [2.05, 4.69) is 53.1 Å². The summed E-state index contributed by atoms with van der Waals surface area (Å²) < 4.78 is 1.21. The summed E-state index contributed by atoms with van der Waals surface area (Å²) in [4.78, 5) is 0. The normalized spacial score (nSPS) is 12.7. The monoisotopic (exact) mass is 301 g/mol. The van der Waals surface area contributed by atoms with E-state index in [4.69, 9.17) is 0 Å². The van der Waals surface area contributed by atoms with Crippen molar-refractivity contribution >= 4 is 27.3 Å². The van der Waals surface area contributed by atoms with Gasteiger partial charge in [0, 0.05) is 6.04 Å². The summed E-state index contributed by atoms with van der Waals surface area (Å²) in [5.41, 5.74) is 2.66. The molecule has 0 aromatic carbocycles. The number of allylic oxidation sites excluding steroid dienone is 1. The van der Waals surface area contributed by atoms with Crippen LogP contribution in [0.2, 0.25) is 0 Å². The smallest absolute Gasteiger partial charge is 0.0701 e. The highest BCUT2D eigenvalue weighted by Gasteiger charge is 2.11. The number of nitrogens with one attached hydrogen (secondary N) is 1. The first-order valence-corrected chi connectivity index (χ1v) is 7.42. The van der Waals surface area contributed by atoms with Crippen molar-refractivity contribution in [1.82, 2.24) is 5.32 Å². The summed E-state index contributed by atoms with van der Waals surface area (Å²) in [6.07, 6.45) is 3.40. The Labute approximate surface area is 111 Å². The van der Waals surface area contributed by atoms with E-state index in [1.807, 2.05) is 0 Å². The Morgan fingerprint density at radius 1 is 1.62 bits per heavy atom. The van der Waals surface area contributed by atoms with Gasteiger partial charge in [-0.1, -0.05) is 12.5 Å². The van der Waals surface area contributed by atoms with E-state index in [0.29, 0.717) is 6.04 Å². The zero-order chi connectivity index (χ0) is 12.0. The van der Waals surface area contributed by atoms with Gasteiger partial charge in [-0.3, -0.25) is 0 Å². The van der Waals surface area contributed by atoms with Crippen molar-refractivity contribution in [2.24, 2.45) is 0 Å². The molecule has 0 amide bonds. The van der Waals surface area contributed by atoms with Crippen molar-refractivity contribution in [3.05, 3.63) is 32.9 Å². The highest BCUT2D eigenvalue weighted by atomic mass is 79.9. The molecule has 1 N–H and O–H groups in total. The standard InChI is InChI=1S/C13H20BrNS/c1-4-7-15-12(6-5-10(2)3)11-8-13(14)16-9-11/h8-9,12,15H,2,4-7H2,1,3H3. The second-order valence-corrected chi connectivity index (χ2v) is 6.48. The van der Waals surface area contributed by atoms with Crippen LogP contribution in [-0.2, 0) is 0 Å². The molecule has 0 aliphatic rings. The van der Waals surface area contributed by atoms with Crippen LogP contribution < -0.4 is 5.32 Å². The molecule has 0 fully saturated rings. The lowest BCUT2D eigenvalue weighted by Gasteiger charge is -2.17. The first-order valence-electron chi connectivity index (χ1n) is 5.75. The zero-order valence-corrected chi connectivity index (χ0v) is 12.5. The minimum atomic E-state index is 0.471. The fourth-order valence-corrected chi connectivity index (χ4v) is 2.83. The molecule has 1 heterocycles. The fourth-order valence-electron chi connectivity index (χ4n) is 1.60. The van der Waals surface area contributed by atoms with Gasteiger partial charge in [0.25, 0.3) is 0 Å². The predicted octanol–water partition coefficient (Wildman–Crippen LogP) is 4.91. The van der Waals surface area contributed by atoms with Gasteiger partial charge in [0.15, 0.2) is 0 Å². The van der Waals surface area contributed by atoms with Crippen molar-refractivity contribution in [2.75, 3.05) is 6.54 Å². The quantitative estimate of drug-likeness (QED) is 0.706. The predicted molar refractivity (Wildman–Crippen MR) is 77.1 cm³/mol. The minimum absolute atomic E-state index is 0.471. The molecule has 0 aliphatic heterocycles. The molecule has 0 aliphatic carbocycles.